The standard InChI is InChI=1S/C23H23F4N3/c1-22-11-13-12-29-30(16-5-3-15(24)4-6-16)20(13)10-14(22)2-7-17-18(22)8-9-19(21(17)28)23(25,26)27/h3-6,8,10,12,17,19,21H,2,7,9,11,28H2,1H3/t17?,19-,21-,22+/m1/s1. The van der Waals surface area contributed by atoms with Gasteiger partial charge < -0.3 is 5.73 Å². The maximum absolute atomic E-state index is 13.4. The highest BCUT2D eigenvalue weighted by Crippen LogP contribution is 2.56. The van der Waals surface area contributed by atoms with Gasteiger partial charge in [0, 0.05) is 11.5 Å². The number of aromatic nitrogens is 2. The molecular formula is C23H23F4N3. The molecule has 3 nitrogen and oxygen atoms in total. The Morgan fingerprint density at radius 2 is 1.93 bits per heavy atom. The van der Waals surface area contributed by atoms with Crippen LogP contribution in [0.2, 0.25) is 0 Å². The van der Waals surface area contributed by atoms with E-state index in [1.807, 2.05) is 6.20 Å². The van der Waals surface area contributed by atoms with Crippen molar-refractivity contribution in [2.45, 2.75) is 44.8 Å². The molecule has 1 fully saturated rings. The second kappa shape index (κ2) is 6.54. The molecule has 0 amide bonds. The summed E-state index contributed by atoms with van der Waals surface area (Å²) >= 11 is 0. The van der Waals surface area contributed by atoms with Gasteiger partial charge in [-0.1, -0.05) is 24.1 Å². The van der Waals surface area contributed by atoms with Crippen molar-refractivity contribution in [2.24, 2.45) is 23.0 Å². The number of nitrogens with zero attached hydrogens (tertiary/aromatic N) is 2. The number of alkyl halides is 3. The van der Waals surface area contributed by atoms with Gasteiger partial charge in [-0.05, 0) is 67.5 Å². The number of benzene rings is 1. The first-order valence-electron chi connectivity index (χ1n) is 10.3. The van der Waals surface area contributed by atoms with Gasteiger partial charge >= 0.3 is 6.18 Å². The molecule has 0 saturated heterocycles. The quantitative estimate of drug-likeness (QED) is 0.512. The van der Waals surface area contributed by atoms with Crippen LogP contribution in [0.1, 0.15) is 37.4 Å². The summed E-state index contributed by atoms with van der Waals surface area (Å²) in [5.74, 6) is -2.02. The molecule has 3 aliphatic rings. The zero-order valence-corrected chi connectivity index (χ0v) is 16.6. The summed E-state index contributed by atoms with van der Waals surface area (Å²) in [5, 5.41) is 4.51. The molecule has 0 bridgehead atoms. The smallest absolute Gasteiger partial charge is 0.327 e. The van der Waals surface area contributed by atoms with Gasteiger partial charge in [0.15, 0.2) is 0 Å². The highest BCUT2D eigenvalue weighted by Gasteiger charge is 2.53. The minimum absolute atomic E-state index is 0.0545. The van der Waals surface area contributed by atoms with E-state index in [2.05, 4.69) is 18.1 Å². The van der Waals surface area contributed by atoms with E-state index >= 15 is 0 Å². The van der Waals surface area contributed by atoms with Crippen LogP contribution in [0.3, 0.4) is 0 Å². The van der Waals surface area contributed by atoms with E-state index in [9.17, 15) is 17.6 Å². The number of hydrogen-bond donors (Lipinski definition) is 1. The number of allylic oxidation sites excluding steroid dienone is 2. The van der Waals surface area contributed by atoms with E-state index in [1.54, 1.807) is 22.9 Å². The van der Waals surface area contributed by atoms with Crippen molar-refractivity contribution in [3.05, 3.63) is 64.8 Å². The van der Waals surface area contributed by atoms with Crippen molar-refractivity contribution in [2.75, 3.05) is 0 Å². The lowest BCUT2D eigenvalue weighted by Gasteiger charge is -2.50. The molecule has 5 rings (SSSR count). The number of halogens is 4. The molecular weight excluding hydrogens is 394 g/mol. The molecule has 158 valence electrons. The van der Waals surface area contributed by atoms with Gasteiger partial charge in [0.1, 0.15) is 5.82 Å². The van der Waals surface area contributed by atoms with Gasteiger partial charge in [-0.25, -0.2) is 9.07 Å². The average Bonchev–Trinajstić information content (AvgIpc) is 3.08. The van der Waals surface area contributed by atoms with Crippen molar-refractivity contribution in [3.63, 3.8) is 0 Å². The van der Waals surface area contributed by atoms with E-state index in [1.165, 1.54) is 17.7 Å². The molecule has 1 heterocycles. The molecule has 1 saturated carbocycles. The molecule has 3 aliphatic carbocycles. The first-order chi connectivity index (χ1) is 14.2. The lowest BCUT2D eigenvalue weighted by Crippen LogP contribution is -2.51. The van der Waals surface area contributed by atoms with Crippen LogP contribution in [0.25, 0.3) is 11.8 Å². The molecule has 2 aromatic rings. The monoisotopic (exact) mass is 417 g/mol. The topological polar surface area (TPSA) is 43.8 Å². The van der Waals surface area contributed by atoms with Crippen molar-refractivity contribution in [3.8, 4) is 5.69 Å². The molecule has 7 heteroatoms. The zero-order chi connectivity index (χ0) is 21.3. The lowest BCUT2D eigenvalue weighted by atomic mass is 9.55. The third kappa shape index (κ3) is 2.86. The summed E-state index contributed by atoms with van der Waals surface area (Å²) < 4.78 is 55.3. The van der Waals surface area contributed by atoms with Crippen LogP contribution >= 0.6 is 0 Å². The van der Waals surface area contributed by atoms with E-state index in [0.717, 1.165) is 22.5 Å². The van der Waals surface area contributed by atoms with Crippen molar-refractivity contribution >= 4 is 6.08 Å². The Morgan fingerprint density at radius 3 is 2.63 bits per heavy atom. The summed E-state index contributed by atoms with van der Waals surface area (Å²) in [6, 6.07) is 5.28. The lowest BCUT2D eigenvalue weighted by molar-refractivity contribution is -0.184. The van der Waals surface area contributed by atoms with Crippen LogP contribution in [0.15, 0.2) is 47.7 Å². The van der Waals surface area contributed by atoms with E-state index in [0.29, 0.717) is 19.3 Å². The molecule has 1 aromatic carbocycles. The Balaban J connectivity index is 1.53. The molecule has 0 radical (unpaired) electrons. The Hall–Kier alpha value is -2.41. The normalized spacial score (nSPS) is 30.7. The number of hydrogen-bond acceptors (Lipinski definition) is 2. The van der Waals surface area contributed by atoms with Crippen LogP contribution in [-0.2, 0) is 6.42 Å². The number of fused-ring (bicyclic) bond motifs is 4. The first kappa shape index (κ1) is 19.5. The van der Waals surface area contributed by atoms with Crippen LogP contribution in [-0.4, -0.2) is 22.0 Å². The van der Waals surface area contributed by atoms with Gasteiger partial charge in [0.25, 0.3) is 0 Å². The molecule has 4 atom stereocenters. The predicted molar refractivity (Wildman–Crippen MR) is 106 cm³/mol. The minimum atomic E-state index is -4.27. The third-order valence-corrected chi connectivity index (χ3v) is 7.22. The van der Waals surface area contributed by atoms with Crippen molar-refractivity contribution in [1.82, 2.24) is 9.78 Å². The maximum Gasteiger partial charge on any atom is 0.393 e. The van der Waals surface area contributed by atoms with Crippen LogP contribution in [0.5, 0.6) is 0 Å². The summed E-state index contributed by atoms with van der Waals surface area (Å²) in [6.07, 6.45) is 3.42. The highest BCUT2D eigenvalue weighted by atomic mass is 19.4. The second-order valence-electron chi connectivity index (χ2n) is 8.89. The third-order valence-electron chi connectivity index (χ3n) is 7.22. The molecule has 0 aliphatic heterocycles. The first-order valence-corrected chi connectivity index (χ1v) is 10.3. The van der Waals surface area contributed by atoms with E-state index < -0.39 is 18.1 Å². The maximum atomic E-state index is 13.4. The van der Waals surface area contributed by atoms with Crippen molar-refractivity contribution < 1.29 is 17.6 Å². The fourth-order valence-electron chi connectivity index (χ4n) is 5.62. The van der Waals surface area contributed by atoms with Gasteiger partial charge in [-0.3, -0.25) is 0 Å². The Kier molecular flexibility index (Phi) is 4.26. The second-order valence-corrected chi connectivity index (χ2v) is 8.89. The Bertz CT molecular complexity index is 1050. The van der Waals surface area contributed by atoms with Crippen LogP contribution < -0.4 is 5.73 Å². The SMILES string of the molecule is C[C@]12Cc3cnn(-c4ccc(F)cc4)c3C=C1CCC1C2=CC[C@@H](C(F)(F)F)[C@@H]1N. The number of nitrogens with two attached hydrogens (primary N) is 1. The average molecular weight is 417 g/mol. The van der Waals surface area contributed by atoms with E-state index in [-0.39, 0.29) is 23.6 Å². The number of rotatable bonds is 1. The minimum Gasteiger partial charge on any atom is -0.327 e. The zero-order valence-electron chi connectivity index (χ0n) is 16.6. The highest BCUT2D eigenvalue weighted by molar-refractivity contribution is 5.63. The molecule has 1 unspecified atom stereocenters. The van der Waals surface area contributed by atoms with Crippen LogP contribution in [0.4, 0.5) is 17.6 Å². The predicted octanol–water partition coefficient (Wildman–Crippen LogP) is 5.20. The summed E-state index contributed by atoms with van der Waals surface area (Å²) in [5.41, 5.74) is 10.9. The molecule has 0 spiro atoms. The fourth-order valence-corrected chi connectivity index (χ4v) is 5.62. The van der Waals surface area contributed by atoms with Crippen LogP contribution in [0, 0.1) is 23.1 Å². The largest absolute Gasteiger partial charge is 0.393 e. The van der Waals surface area contributed by atoms with Crippen molar-refractivity contribution in [1.29, 1.82) is 0 Å². The molecule has 1 aromatic heterocycles. The summed E-state index contributed by atoms with van der Waals surface area (Å²) in [7, 11) is 0. The Morgan fingerprint density at radius 1 is 1.20 bits per heavy atom. The van der Waals surface area contributed by atoms with Gasteiger partial charge in [0.05, 0.1) is 23.5 Å². The Labute approximate surface area is 172 Å². The van der Waals surface area contributed by atoms with E-state index in [4.69, 9.17) is 5.73 Å². The van der Waals surface area contributed by atoms with Gasteiger partial charge in [-0.2, -0.15) is 18.3 Å². The van der Waals surface area contributed by atoms with Gasteiger partial charge in [0.2, 0.25) is 0 Å². The van der Waals surface area contributed by atoms with Gasteiger partial charge in [-0.15, -0.1) is 0 Å². The summed E-state index contributed by atoms with van der Waals surface area (Å²) in [6.45, 7) is 2.12. The summed E-state index contributed by atoms with van der Waals surface area (Å²) in [4.78, 5) is 0. The molecule has 2 N–H and O–H groups in total. The fraction of sp³-hybridized carbons (Fsp3) is 0.435. The molecule has 30 heavy (non-hydrogen) atoms.